The van der Waals surface area contributed by atoms with Crippen molar-refractivity contribution < 1.29 is 24.5 Å². The predicted octanol–water partition coefficient (Wildman–Crippen LogP) is 4.32. The van der Waals surface area contributed by atoms with Gasteiger partial charge in [-0.3, -0.25) is 0 Å². The van der Waals surface area contributed by atoms with Gasteiger partial charge in [0.15, 0.2) is 0 Å². The smallest absolute Gasteiger partial charge is 0.350 e. The summed E-state index contributed by atoms with van der Waals surface area (Å²) in [5, 5.41) is 19.0. The SMILES string of the molecule is CCCn1nc(C)n(-c2ccc(OC[C@@H]3CO[C@@](Cc4ncc[nH]4)(c4ccc(Cl)cc4Cl)O3)cc2)c1=O.O=[N+]([O-])O. The van der Waals surface area contributed by atoms with Crippen molar-refractivity contribution >= 4 is 23.2 Å². The van der Waals surface area contributed by atoms with E-state index in [4.69, 9.17) is 52.7 Å². The number of ether oxygens (including phenoxy) is 3. The zero-order valence-corrected chi connectivity index (χ0v) is 23.7. The molecule has 15 heteroatoms. The molecule has 0 amide bonds. The third-order valence-corrected chi connectivity index (χ3v) is 6.67. The molecular weight excluding hydrogens is 579 g/mol. The fraction of sp³-hybridized carbons (Fsp3) is 0.346. The van der Waals surface area contributed by atoms with E-state index < -0.39 is 10.9 Å². The molecule has 41 heavy (non-hydrogen) atoms. The summed E-state index contributed by atoms with van der Waals surface area (Å²) in [5.74, 6) is 0.856. The maximum Gasteiger partial charge on any atom is 0.350 e. The van der Waals surface area contributed by atoms with E-state index in [-0.39, 0.29) is 18.4 Å². The number of nitrogens with zero attached hydrogens (tertiary/aromatic N) is 5. The second-order valence-electron chi connectivity index (χ2n) is 9.07. The molecule has 2 aromatic heterocycles. The first-order chi connectivity index (χ1) is 19.6. The molecule has 1 aliphatic rings. The van der Waals surface area contributed by atoms with Gasteiger partial charge >= 0.3 is 5.69 Å². The highest BCUT2D eigenvalue weighted by Gasteiger charge is 2.45. The van der Waals surface area contributed by atoms with Crippen molar-refractivity contribution in [1.29, 1.82) is 0 Å². The van der Waals surface area contributed by atoms with Crippen LogP contribution in [0.4, 0.5) is 0 Å². The van der Waals surface area contributed by atoms with Crippen LogP contribution in [0.3, 0.4) is 0 Å². The lowest BCUT2D eigenvalue weighted by molar-refractivity contribution is -0.742. The largest absolute Gasteiger partial charge is 0.491 e. The monoisotopic (exact) mass is 606 g/mol. The summed E-state index contributed by atoms with van der Waals surface area (Å²) >= 11 is 12.6. The molecule has 3 heterocycles. The highest BCUT2D eigenvalue weighted by atomic mass is 35.5. The summed E-state index contributed by atoms with van der Waals surface area (Å²) in [4.78, 5) is 28.5. The van der Waals surface area contributed by atoms with E-state index in [0.717, 1.165) is 12.1 Å². The van der Waals surface area contributed by atoms with Gasteiger partial charge in [-0.2, -0.15) is 5.10 Å². The lowest BCUT2D eigenvalue weighted by atomic mass is 10.0. The average molecular weight is 607 g/mol. The number of aromatic nitrogens is 5. The summed E-state index contributed by atoms with van der Waals surface area (Å²) in [5.41, 5.74) is 1.25. The Morgan fingerprint density at radius 3 is 2.63 bits per heavy atom. The van der Waals surface area contributed by atoms with Gasteiger partial charge in [-0.05, 0) is 49.7 Å². The van der Waals surface area contributed by atoms with E-state index in [1.54, 1.807) is 29.1 Å². The number of nitrogens with one attached hydrogen (secondary N) is 1. The van der Waals surface area contributed by atoms with E-state index in [2.05, 4.69) is 15.1 Å². The van der Waals surface area contributed by atoms with Crippen molar-refractivity contribution in [2.45, 2.75) is 45.1 Å². The molecule has 4 aromatic rings. The minimum atomic E-state index is -1.50. The van der Waals surface area contributed by atoms with Crippen LogP contribution in [0.25, 0.3) is 5.69 Å². The predicted molar refractivity (Wildman–Crippen MR) is 148 cm³/mol. The van der Waals surface area contributed by atoms with E-state index in [1.807, 2.05) is 44.2 Å². The molecule has 13 nitrogen and oxygen atoms in total. The molecular formula is C26H28Cl2N6O7. The first-order valence-corrected chi connectivity index (χ1v) is 13.4. The molecule has 1 fully saturated rings. The molecule has 2 aromatic carbocycles. The fourth-order valence-electron chi connectivity index (χ4n) is 4.44. The standard InChI is InChI=1S/C26H27Cl2N5O4.HNO3/c1-3-12-32-25(34)33(17(2)31-32)19-5-7-20(8-6-19)35-15-21-16-36-26(37-21,14-24-29-10-11-30-24)22-9-4-18(27)13-23(22)28;2-1(3)4/h4-11,13,21H,3,12,14-16H2,1-2H3,(H,29,30);(H,2,3,4)/t21-,26-;/m1./s1. The van der Waals surface area contributed by atoms with E-state index >= 15 is 0 Å². The summed E-state index contributed by atoms with van der Waals surface area (Å²) < 4.78 is 21.7. The number of H-pyrrole nitrogens is 1. The molecule has 0 aliphatic carbocycles. The van der Waals surface area contributed by atoms with Crippen LogP contribution < -0.4 is 10.4 Å². The number of rotatable bonds is 9. The van der Waals surface area contributed by atoms with Gasteiger partial charge in [-0.25, -0.2) is 19.0 Å². The summed E-state index contributed by atoms with van der Waals surface area (Å²) in [6, 6.07) is 12.5. The Kier molecular flexibility index (Phi) is 9.65. The number of hydrogen-bond donors (Lipinski definition) is 2. The normalized spacial score (nSPS) is 18.1. The summed E-state index contributed by atoms with van der Waals surface area (Å²) in [7, 11) is 0. The van der Waals surface area contributed by atoms with E-state index in [9.17, 15) is 4.79 Å². The van der Waals surface area contributed by atoms with Crippen molar-refractivity contribution in [3.8, 4) is 11.4 Å². The fourth-order valence-corrected chi connectivity index (χ4v) is 4.99. The van der Waals surface area contributed by atoms with Crippen LogP contribution in [-0.2, 0) is 28.2 Å². The van der Waals surface area contributed by atoms with Gasteiger partial charge in [0.1, 0.15) is 30.1 Å². The Labute approximate surface area is 244 Å². The van der Waals surface area contributed by atoms with Gasteiger partial charge in [0, 0.05) is 29.5 Å². The number of aromatic amines is 1. The Bertz CT molecular complexity index is 1520. The van der Waals surface area contributed by atoms with Crippen LogP contribution in [-0.4, -0.2) is 53.9 Å². The molecule has 5 rings (SSSR count). The average Bonchev–Trinajstić information content (AvgIpc) is 3.64. The molecule has 0 spiro atoms. The number of benzene rings is 2. The first-order valence-electron chi connectivity index (χ1n) is 12.6. The van der Waals surface area contributed by atoms with Crippen LogP contribution >= 0.6 is 23.2 Å². The van der Waals surface area contributed by atoms with Crippen molar-refractivity contribution in [2.24, 2.45) is 0 Å². The summed E-state index contributed by atoms with van der Waals surface area (Å²) in [6.07, 6.45) is 4.25. The van der Waals surface area contributed by atoms with Crippen LogP contribution in [0.2, 0.25) is 10.0 Å². The lowest BCUT2D eigenvalue weighted by Crippen LogP contribution is -2.33. The molecule has 1 saturated heterocycles. The zero-order valence-electron chi connectivity index (χ0n) is 22.2. The van der Waals surface area contributed by atoms with Crippen LogP contribution in [0.15, 0.2) is 59.7 Å². The van der Waals surface area contributed by atoms with Crippen molar-refractivity contribution in [3.63, 3.8) is 0 Å². The van der Waals surface area contributed by atoms with Gasteiger partial charge in [0.2, 0.25) is 5.79 Å². The Balaban J connectivity index is 0.000000909. The highest BCUT2D eigenvalue weighted by molar-refractivity contribution is 6.35. The quantitative estimate of drug-likeness (QED) is 0.209. The molecule has 1 aliphatic heterocycles. The Morgan fingerprint density at radius 2 is 2.00 bits per heavy atom. The first kappa shape index (κ1) is 30.1. The number of imidazole rings is 1. The minimum Gasteiger partial charge on any atom is -0.491 e. The topological polar surface area (TPSA) is 160 Å². The number of hydrogen-bond acceptors (Lipinski definition) is 8. The highest BCUT2D eigenvalue weighted by Crippen LogP contribution is 2.41. The molecule has 0 saturated carbocycles. The van der Waals surface area contributed by atoms with Crippen molar-refractivity contribution in [2.75, 3.05) is 13.2 Å². The van der Waals surface area contributed by atoms with Gasteiger partial charge in [0.05, 0.1) is 23.7 Å². The molecule has 0 bridgehead atoms. The van der Waals surface area contributed by atoms with Crippen LogP contribution in [0, 0.1) is 17.0 Å². The Hall–Kier alpha value is -3.91. The van der Waals surface area contributed by atoms with Crippen LogP contribution in [0.1, 0.15) is 30.6 Å². The maximum absolute atomic E-state index is 12.7. The maximum atomic E-state index is 12.7. The van der Waals surface area contributed by atoms with Crippen LogP contribution in [0.5, 0.6) is 5.75 Å². The molecule has 2 N–H and O–H groups in total. The molecule has 0 unspecified atom stereocenters. The molecule has 0 radical (unpaired) electrons. The lowest BCUT2D eigenvalue weighted by Gasteiger charge is -2.29. The minimum absolute atomic E-state index is 0.154. The third-order valence-electron chi connectivity index (χ3n) is 6.12. The third kappa shape index (κ3) is 7.24. The van der Waals surface area contributed by atoms with Crippen molar-refractivity contribution in [3.05, 3.63) is 103 Å². The molecule has 218 valence electrons. The summed E-state index contributed by atoms with van der Waals surface area (Å²) in [6.45, 7) is 4.98. The van der Waals surface area contributed by atoms with E-state index in [0.29, 0.717) is 52.6 Å². The van der Waals surface area contributed by atoms with Crippen molar-refractivity contribution in [1.82, 2.24) is 24.3 Å². The zero-order chi connectivity index (χ0) is 29.6. The second-order valence-corrected chi connectivity index (χ2v) is 9.92. The van der Waals surface area contributed by atoms with Gasteiger partial charge < -0.3 is 24.4 Å². The number of aryl methyl sites for hydroxylation is 2. The van der Waals surface area contributed by atoms with Gasteiger partial charge in [0.25, 0.3) is 5.09 Å². The molecule has 2 atom stereocenters. The van der Waals surface area contributed by atoms with Gasteiger partial charge in [-0.15, -0.1) is 10.1 Å². The van der Waals surface area contributed by atoms with E-state index in [1.165, 1.54) is 4.68 Å². The van der Waals surface area contributed by atoms with Gasteiger partial charge in [-0.1, -0.05) is 36.2 Å². The number of halogens is 2. The second kappa shape index (κ2) is 13.2. The Morgan fingerprint density at radius 1 is 1.27 bits per heavy atom.